The summed E-state index contributed by atoms with van der Waals surface area (Å²) in [6.45, 7) is 0. The molecule has 3 nitrogen and oxygen atoms in total. The highest BCUT2D eigenvalue weighted by molar-refractivity contribution is 7.73. The molecule has 1 unspecified atom stereocenters. The normalized spacial score (nSPS) is 16.6. The molecule has 0 aromatic heterocycles. The molecule has 0 saturated carbocycles. The smallest absolute Gasteiger partial charge is 0.147 e. The zero-order valence-corrected chi connectivity index (χ0v) is 5.49. The Bertz CT molecular complexity index is 85.4. The summed E-state index contributed by atoms with van der Waals surface area (Å²) in [5.74, 6) is 0. The van der Waals surface area contributed by atoms with Crippen molar-refractivity contribution in [3.63, 3.8) is 0 Å². The van der Waals surface area contributed by atoms with Crippen molar-refractivity contribution in [2.45, 2.75) is 0 Å². The van der Waals surface area contributed by atoms with Crippen LogP contribution >= 0.6 is 0 Å². The highest BCUT2D eigenvalue weighted by Crippen LogP contribution is 1.90. The van der Waals surface area contributed by atoms with Gasteiger partial charge in [0, 0.05) is 0 Å². The van der Waals surface area contributed by atoms with Crippen molar-refractivity contribution in [1.29, 1.82) is 0 Å². The van der Waals surface area contributed by atoms with Crippen LogP contribution in [0.2, 0.25) is 0 Å². The van der Waals surface area contributed by atoms with Crippen LogP contribution in [0.5, 0.6) is 0 Å². The fourth-order valence-electron chi connectivity index (χ4n) is 0. The van der Waals surface area contributed by atoms with Crippen molar-refractivity contribution in [2.24, 2.45) is 0 Å². The van der Waals surface area contributed by atoms with E-state index in [1.54, 1.807) is 21.1 Å². The molecular formula is C3H9NO2S. The first kappa shape index (κ1) is 7.07. The zero-order chi connectivity index (χ0) is 6.08. The summed E-state index contributed by atoms with van der Waals surface area (Å²) in [6.07, 6.45) is 0. The molecule has 0 rings (SSSR count). The molecule has 0 spiro atoms. The van der Waals surface area contributed by atoms with Gasteiger partial charge < -0.3 is 4.55 Å². The van der Waals surface area contributed by atoms with Crippen LogP contribution in [0.3, 0.4) is 0 Å². The predicted molar refractivity (Wildman–Crippen MR) is 27.0 cm³/mol. The highest BCUT2D eigenvalue weighted by Gasteiger charge is 2.04. The fraction of sp³-hybridized carbons (Fsp3) is 1.00. The predicted octanol–water partition coefficient (Wildman–Crippen LogP) is -0.513. The van der Waals surface area contributed by atoms with Crippen LogP contribution in [0, 0.1) is 0 Å². The maximum absolute atomic E-state index is 9.99. The van der Waals surface area contributed by atoms with Gasteiger partial charge >= 0.3 is 0 Å². The van der Waals surface area contributed by atoms with Gasteiger partial charge in [-0.1, -0.05) is 0 Å². The Morgan fingerprint density at radius 2 is 1.57 bits per heavy atom. The van der Waals surface area contributed by atoms with Gasteiger partial charge in [0.25, 0.3) is 0 Å². The number of nitrogens with zero attached hydrogens (tertiary/aromatic N) is 1. The molecule has 44 valence electrons. The third-order valence-electron chi connectivity index (χ3n) is 0.447. The Morgan fingerprint density at radius 1 is 1.43 bits per heavy atom. The van der Waals surface area contributed by atoms with Gasteiger partial charge in [0.2, 0.25) is 0 Å². The van der Waals surface area contributed by atoms with Crippen LogP contribution in [0.1, 0.15) is 0 Å². The van der Waals surface area contributed by atoms with E-state index in [2.05, 4.69) is 0 Å². The maximum atomic E-state index is 9.99. The molecule has 0 aromatic rings. The van der Waals surface area contributed by atoms with E-state index in [1.807, 2.05) is 0 Å². The van der Waals surface area contributed by atoms with E-state index in [4.69, 9.17) is 0 Å². The SMILES string of the molecule is C[N+](C)(C)S(=O)[O-]. The van der Waals surface area contributed by atoms with Gasteiger partial charge in [-0.2, -0.15) is 0 Å². The number of quaternary nitrogens is 1. The Morgan fingerprint density at radius 3 is 1.57 bits per heavy atom. The number of hydrogen-bond donors (Lipinski definition) is 0. The molecule has 1 atom stereocenters. The van der Waals surface area contributed by atoms with Gasteiger partial charge in [-0.3, -0.25) is 3.89 Å². The van der Waals surface area contributed by atoms with E-state index in [1.165, 1.54) is 0 Å². The second kappa shape index (κ2) is 1.90. The summed E-state index contributed by atoms with van der Waals surface area (Å²) < 4.78 is 20.0. The standard InChI is InChI=1S/C3H9NO2S/c1-4(2,3)7(5)6/h1-3H3. The van der Waals surface area contributed by atoms with Gasteiger partial charge in [0.05, 0.1) is 21.1 Å². The van der Waals surface area contributed by atoms with E-state index >= 15 is 0 Å². The Labute approximate surface area is 46.0 Å². The second-order valence-electron chi connectivity index (χ2n) is 2.11. The molecule has 0 saturated heterocycles. The van der Waals surface area contributed by atoms with Crippen LogP contribution in [0.25, 0.3) is 0 Å². The highest BCUT2D eigenvalue weighted by atomic mass is 32.2. The number of hydrogen-bond acceptors (Lipinski definition) is 2. The molecule has 0 amide bonds. The average Bonchev–Trinajstić information content (AvgIpc) is 1.31. The molecule has 0 aromatic carbocycles. The molecular weight excluding hydrogens is 114 g/mol. The van der Waals surface area contributed by atoms with Crippen molar-refractivity contribution in [2.75, 3.05) is 21.1 Å². The van der Waals surface area contributed by atoms with Gasteiger partial charge in [-0.25, -0.2) is 4.21 Å². The van der Waals surface area contributed by atoms with Crippen molar-refractivity contribution < 1.29 is 12.6 Å². The minimum atomic E-state index is -2.00. The van der Waals surface area contributed by atoms with Gasteiger partial charge in [0.1, 0.15) is 11.3 Å². The first-order valence-electron chi connectivity index (χ1n) is 1.86. The van der Waals surface area contributed by atoms with Crippen molar-refractivity contribution in [1.82, 2.24) is 0 Å². The van der Waals surface area contributed by atoms with E-state index < -0.39 is 11.3 Å². The lowest BCUT2D eigenvalue weighted by atomic mass is 11.0. The van der Waals surface area contributed by atoms with Crippen molar-refractivity contribution >= 4 is 11.3 Å². The van der Waals surface area contributed by atoms with Crippen LogP contribution in [0.4, 0.5) is 0 Å². The molecule has 0 radical (unpaired) electrons. The topological polar surface area (TPSA) is 40.1 Å². The summed E-state index contributed by atoms with van der Waals surface area (Å²) in [5, 5.41) is 0. The molecule has 0 N–H and O–H groups in total. The largest absolute Gasteiger partial charge is 0.724 e. The number of rotatable bonds is 1. The quantitative estimate of drug-likeness (QED) is 0.348. The molecule has 0 heterocycles. The van der Waals surface area contributed by atoms with Crippen molar-refractivity contribution in [3.05, 3.63) is 0 Å². The Hall–Kier alpha value is 0.0700. The van der Waals surface area contributed by atoms with Crippen LogP contribution < -0.4 is 0 Å². The van der Waals surface area contributed by atoms with Gasteiger partial charge in [0.15, 0.2) is 0 Å². The third-order valence-corrected chi connectivity index (χ3v) is 1.34. The Balaban J connectivity index is 3.79. The lowest BCUT2D eigenvalue weighted by Crippen LogP contribution is -2.35. The van der Waals surface area contributed by atoms with Crippen molar-refractivity contribution in [3.8, 4) is 0 Å². The molecule has 0 aliphatic rings. The van der Waals surface area contributed by atoms with Crippen LogP contribution in [-0.4, -0.2) is 33.8 Å². The minimum absolute atomic E-state index is 0.0278. The fourth-order valence-corrected chi connectivity index (χ4v) is 0. The summed E-state index contributed by atoms with van der Waals surface area (Å²) in [6, 6.07) is 0. The van der Waals surface area contributed by atoms with Crippen LogP contribution in [0.15, 0.2) is 0 Å². The maximum Gasteiger partial charge on any atom is 0.147 e. The molecule has 7 heavy (non-hydrogen) atoms. The molecule has 0 fully saturated rings. The summed E-state index contributed by atoms with van der Waals surface area (Å²) in [7, 11) is 4.76. The lowest BCUT2D eigenvalue weighted by Gasteiger charge is -2.23. The Kier molecular flexibility index (Phi) is 1.92. The summed E-state index contributed by atoms with van der Waals surface area (Å²) >= 11 is -2.00. The van der Waals surface area contributed by atoms with E-state index in [-0.39, 0.29) is 3.89 Å². The minimum Gasteiger partial charge on any atom is -0.724 e. The second-order valence-corrected chi connectivity index (χ2v) is 3.64. The third kappa shape index (κ3) is 2.73. The van der Waals surface area contributed by atoms with E-state index in [0.717, 1.165) is 0 Å². The molecule has 0 bridgehead atoms. The molecule has 4 heteroatoms. The first-order chi connectivity index (χ1) is 2.94. The molecule has 0 aliphatic heterocycles. The van der Waals surface area contributed by atoms with Gasteiger partial charge in [-0.05, 0) is 0 Å². The van der Waals surface area contributed by atoms with E-state index in [9.17, 15) is 8.76 Å². The summed E-state index contributed by atoms with van der Waals surface area (Å²) in [5.41, 5.74) is 0. The zero-order valence-electron chi connectivity index (χ0n) is 4.67. The van der Waals surface area contributed by atoms with Crippen LogP contribution in [-0.2, 0) is 11.3 Å². The average molecular weight is 123 g/mol. The summed E-state index contributed by atoms with van der Waals surface area (Å²) in [4.78, 5) is 0. The van der Waals surface area contributed by atoms with Gasteiger partial charge in [-0.15, -0.1) is 0 Å². The first-order valence-corrected chi connectivity index (χ1v) is 2.89. The molecule has 0 aliphatic carbocycles. The van der Waals surface area contributed by atoms with E-state index in [0.29, 0.717) is 0 Å². The monoisotopic (exact) mass is 123 g/mol. The lowest BCUT2D eigenvalue weighted by molar-refractivity contribution is -0.739.